The van der Waals surface area contributed by atoms with Gasteiger partial charge < -0.3 is 10.0 Å². The molecule has 0 fully saturated rings. The van der Waals surface area contributed by atoms with Crippen molar-refractivity contribution in [3.63, 3.8) is 0 Å². The molecule has 1 N–H and O–H groups in total. The van der Waals surface area contributed by atoms with E-state index in [1.165, 1.54) is 0 Å². The molecule has 0 saturated carbocycles. The van der Waals surface area contributed by atoms with Crippen molar-refractivity contribution < 1.29 is 14.7 Å². The van der Waals surface area contributed by atoms with Crippen LogP contribution in [0.2, 0.25) is 0 Å². The molecular formula is C15H16N2O3. The van der Waals surface area contributed by atoms with Crippen LogP contribution in [0, 0.1) is 0 Å². The highest BCUT2D eigenvalue weighted by molar-refractivity contribution is 6.05. The Morgan fingerprint density at radius 2 is 2.00 bits per heavy atom. The number of para-hydroxylation sites is 1. The normalized spacial score (nSPS) is 10.4. The first kappa shape index (κ1) is 14.0. The van der Waals surface area contributed by atoms with Gasteiger partial charge in [0, 0.05) is 31.6 Å². The van der Waals surface area contributed by atoms with Crippen LogP contribution in [0.25, 0.3) is 10.9 Å². The SMILES string of the molecule is CN(CCCC(=O)O)C(=O)c1ccnc2ccccc12. The molecule has 0 bridgehead atoms. The highest BCUT2D eigenvalue weighted by Crippen LogP contribution is 2.17. The molecule has 104 valence electrons. The van der Waals surface area contributed by atoms with Crippen molar-refractivity contribution in [3.05, 3.63) is 42.1 Å². The van der Waals surface area contributed by atoms with Gasteiger partial charge in [0.15, 0.2) is 0 Å². The molecule has 0 aliphatic carbocycles. The summed E-state index contributed by atoms with van der Waals surface area (Å²) in [4.78, 5) is 28.6. The summed E-state index contributed by atoms with van der Waals surface area (Å²) in [5, 5.41) is 9.42. The van der Waals surface area contributed by atoms with Gasteiger partial charge in [-0.2, -0.15) is 0 Å². The van der Waals surface area contributed by atoms with E-state index in [4.69, 9.17) is 5.11 Å². The van der Waals surface area contributed by atoms with Crippen LogP contribution in [0.5, 0.6) is 0 Å². The molecule has 0 atom stereocenters. The third-order valence-electron chi connectivity index (χ3n) is 3.11. The second kappa shape index (κ2) is 6.14. The number of fused-ring (bicyclic) bond motifs is 1. The number of rotatable bonds is 5. The van der Waals surface area contributed by atoms with Gasteiger partial charge in [0.2, 0.25) is 0 Å². The quantitative estimate of drug-likeness (QED) is 0.905. The summed E-state index contributed by atoms with van der Waals surface area (Å²) in [7, 11) is 1.68. The molecule has 2 rings (SSSR count). The molecular weight excluding hydrogens is 256 g/mol. The molecule has 0 spiro atoms. The van der Waals surface area contributed by atoms with E-state index in [1.807, 2.05) is 24.3 Å². The van der Waals surface area contributed by atoms with Gasteiger partial charge >= 0.3 is 5.97 Å². The molecule has 20 heavy (non-hydrogen) atoms. The predicted octanol–water partition coefficient (Wildman–Crippen LogP) is 2.17. The Morgan fingerprint density at radius 1 is 1.25 bits per heavy atom. The maximum Gasteiger partial charge on any atom is 0.303 e. The van der Waals surface area contributed by atoms with Crippen LogP contribution in [0.1, 0.15) is 23.2 Å². The Hall–Kier alpha value is -2.43. The molecule has 5 nitrogen and oxygen atoms in total. The fourth-order valence-electron chi connectivity index (χ4n) is 2.06. The number of aliphatic carboxylic acids is 1. The minimum atomic E-state index is -0.847. The Morgan fingerprint density at radius 3 is 2.75 bits per heavy atom. The van der Waals surface area contributed by atoms with E-state index in [0.717, 1.165) is 10.9 Å². The Bertz CT molecular complexity index is 635. The number of pyridine rings is 1. The molecule has 1 aromatic heterocycles. The summed E-state index contributed by atoms with van der Waals surface area (Å²) in [5.74, 6) is -0.964. The number of hydrogen-bond acceptors (Lipinski definition) is 3. The lowest BCUT2D eigenvalue weighted by atomic mass is 10.1. The second-order valence-electron chi connectivity index (χ2n) is 4.60. The number of nitrogens with zero attached hydrogens (tertiary/aromatic N) is 2. The first-order valence-corrected chi connectivity index (χ1v) is 6.40. The van der Waals surface area contributed by atoms with Crippen LogP contribution in [0.15, 0.2) is 36.5 Å². The summed E-state index contributed by atoms with van der Waals surface area (Å²) in [6, 6.07) is 9.15. The summed E-state index contributed by atoms with van der Waals surface area (Å²) in [6.07, 6.45) is 2.12. The Balaban J connectivity index is 2.16. The molecule has 1 heterocycles. The average Bonchev–Trinajstić information content (AvgIpc) is 2.45. The largest absolute Gasteiger partial charge is 0.481 e. The van der Waals surface area contributed by atoms with Crippen LogP contribution < -0.4 is 0 Å². The van der Waals surface area contributed by atoms with Crippen molar-refractivity contribution in [2.45, 2.75) is 12.8 Å². The third kappa shape index (κ3) is 3.12. The fraction of sp³-hybridized carbons (Fsp3) is 0.267. The topological polar surface area (TPSA) is 70.5 Å². The molecule has 2 aromatic rings. The van der Waals surface area contributed by atoms with Gasteiger partial charge in [0.25, 0.3) is 5.91 Å². The number of carbonyl (C=O) groups is 2. The smallest absolute Gasteiger partial charge is 0.303 e. The predicted molar refractivity (Wildman–Crippen MR) is 75.6 cm³/mol. The molecule has 1 amide bonds. The van der Waals surface area contributed by atoms with E-state index in [-0.39, 0.29) is 12.3 Å². The van der Waals surface area contributed by atoms with E-state index in [2.05, 4.69) is 4.98 Å². The van der Waals surface area contributed by atoms with Crippen molar-refractivity contribution in [2.75, 3.05) is 13.6 Å². The van der Waals surface area contributed by atoms with E-state index in [9.17, 15) is 9.59 Å². The van der Waals surface area contributed by atoms with Gasteiger partial charge in [-0.3, -0.25) is 14.6 Å². The van der Waals surface area contributed by atoms with Crippen molar-refractivity contribution >= 4 is 22.8 Å². The van der Waals surface area contributed by atoms with E-state index < -0.39 is 5.97 Å². The number of aromatic nitrogens is 1. The Kier molecular flexibility index (Phi) is 4.30. The number of carboxylic acids is 1. The molecule has 0 unspecified atom stereocenters. The third-order valence-corrected chi connectivity index (χ3v) is 3.11. The summed E-state index contributed by atoms with van der Waals surface area (Å²) in [6.45, 7) is 0.418. The van der Waals surface area contributed by atoms with Crippen molar-refractivity contribution in [1.82, 2.24) is 9.88 Å². The maximum absolute atomic E-state index is 12.4. The van der Waals surface area contributed by atoms with Crippen molar-refractivity contribution in [2.24, 2.45) is 0 Å². The highest BCUT2D eigenvalue weighted by atomic mass is 16.4. The van der Waals surface area contributed by atoms with Gasteiger partial charge in [0.05, 0.1) is 11.1 Å². The van der Waals surface area contributed by atoms with E-state index in [0.29, 0.717) is 18.5 Å². The molecule has 0 saturated heterocycles. The minimum absolute atomic E-state index is 0.0642. The molecule has 0 aliphatic rings. The first-order valence-electron chi connectivity index (χ1n) is 6.40. The van der Waals surface area contributed by atoms with Gasteiger partial charge in [-0.1, -0.05) is 18.2 Å². The molecule has 0 aliphatic heterocycles. The molecule has 1 aromatic carbocycles. The average molecular weight is 272 g/mol. The van der Waals surface area contributed by atoms with Gasteiger partial charge in [-0.15, -0.1) is 0 Å². The van der Waals surface area contributed by atoms with Gasteiger partial charge in [0.1, 0.15) is 0 Å². The van der Waals surface area contributed by atoms with Crippen LogP contribution in [0.3, 0.4) is 0 Å². The van der Waals surface area contributed by atoms with Crippen LogP contribution in [0.4, 0.5) is 0 Å². The fourth-order valence-corrected chi connectivity index (χ4v) is 2.06. The summed E-state index contributed by atoms with van der Waals surface area (Å²) in [5.41, 5.74) is 1.37. The summed E-state index contributed by atoms with van der Waals surface area (Å²) >= 11 is 0. The van der Waals surface area contributed by atoms with Crippen LogP contribution >= 0.6 is 0 Å². The number of carboxylic acid groups (broad SMARTS) is 1. The zero-order valence-electron chi connectivity index (χ0n) is 11.2. The van der Waals surface area contributed by atoms with Gasteiger partial charge in [-0.05, 0) is 18.6 Å². The second-order valence-corrected chi connectivity index (χ2v) is 4.60. The van der Waals surface area contributed by atoms with E-state index in [1.54, 1.807) is 24.2 Å². The monoisotopic (exact) mass is 272 g/mol. The summed E-state index contributed by atoms with van der Waals surface area (Å²) < 4.78 is 0. The zero-order valence-corrected chi connectivity index (χ0v) is 11.2. The Labute approximate surface area is 116 Å². The minimum Gasteiger partial charge on any atom is -0.481 e. The number of hydrogen-bond donors (Lipinski definition) is 1. The number of amides is 1. The lowest BCUT2D eigenvalue weighted by molar-refractivity contribution is -0.137. The standard InChI is InChI=1S/C15H16N2O3/c1-17(10-4-7-14(18)19)15(20)12-8-9-16-13-6-3-2-5-11(12)13/h2-3,5-6,8-9H,4,7,10H2,1H3,(H,18,19). The van der Waals surface area contributed by atoms with Crippen LogP contribution in [-0.2, 0) is 4.79 Å². The zero-order chi connectivity index (χ0) is 14.5. The number of carbonyl (C=O) groups excluding carboxylic acids is 1. The lowest BCUT2D eigenvalue weighted by Gasteiger charge is -2.17. The van der Waals surface area contributed by atoms with Crippen molar-refractivity contribution in [1.29, 1.82) is 0 Å². The van der Waals surface area contributed by atoms with Gasteiger partial charge in [-0.25, -0.2) is 0 Å². The van der Waals surface area contributed by atoms with Crippen molar-refractivity contribution in [3.8, 4) is 0 Å². The maximum atomic E-state index is 12.4. The van der Waals surface area contributed by atoms with Crippen LogP contribution in [-0.4, -0.2) is 40.5 Å². The molecule has 0 radical (unpaired) electrons. The number of benzene rings is 1. The lowest BCUT2D eigenvalue weighted by Crippen LogP contribution is -2.28. The highest BCUT2D eigenvalue weighted by Gasteiger charge is 2.14. The van der Waals surface area contributed by atoms with E-state index >= 15 is 0 Å². The first-order chi connectivity index (χ1) is 9.59. The molecule has 5 heteroatoms.